The zero-order valence-corrected chi connectivity index (χ0v) is 24.6. The number of nitrogens with zero attached hydrogens (tertiary/aromatic N) is 1. The molecule has 0 unspecified atom stereocenters. The standard InChI is InChI=1S/C32H35FN2O5S/c1-5-31(36)40-30-19-39-29-17-24(11-12-26(29)30)34-18-22-8-6-9-25(20(22)2)32-21(3)35(14-7-15-41(4,37)38)28-13-10-23(33)16-27(28)32/h6,8-13,16-17,30,34H,5,7,14-15,18-19H2,1-4H3/t30-/m1/s1. The third-order valence-electron chi connectivity index (χ3n) is 7.69. The predicted octanol–water partition coefficient (Wildman–Crippen LogP) is 6.50. The molecule has 41 heavy (non-hydrogen) atoms. The smallest absolute Gasteiger partial charge is 0.306 e. The van der Waals surface area contributed by atoms with E-state index in [1.54, 1.807) is 19.1 Å². The van der Waals surface area contributed by atoms with Crippen LogP contribution in [0.15, 0.2) is 54.6 Å². The molecule has 3 aromatic carbocycles. The second kappa shape index (κ2) is 11.6. The lowest BCUT2D eigenvalue weighted by Gasteiger charge is -2.15. The van der Waals surface area contributed by atoms with E-state index in [-0.39, 0.29) is 23.6 Å². The molecular formula is C32H35FN2O5S. The monoisotopic (exact) mass is 578 g/mol. The summed E-state index contributed by atoms with van der Waals surface area (Å²) in [6.07, 6.45) is 1.66. The van der Waals surface area contributed by atoms with E-state index in [1.165, 1.54) is 12.3 Å². The Bertz CT molecular complexity index is 1730. The number of hydrogen-bond donors (Lipinski definition) is 1. The van der Waals surface area contributed by atoms with Crippen LogP contribution in [0, 0.1) is 19.7 Å². The van der Waals surface area contributed by atoms with Gasteiger partial charge < -0.3 is 19.4 Å². The number of fused-ring (bicyclic) bond motifs is 2. The number of carbonyl (C=O) groups is 1. The quantitative estimate of drug-likeness (QED) is 0.216. The van der Waals surface area contributed by atoms with Gasteiger partial charge in [0.05, 0.1) is 5.75 Å². The molecule has 9 heteroatoms. The zero-order valence-electron chi connectivity index (χ0n) is 23.8. The maximum Gasteiger partial charge on any atom is 0.306 e. The van der Waals surface area contributed by atoms with Crippen molar-refractivity contribution in [2.24, 2.45) is 0 Å². The van der Waals surface area contributed by atoms with E-state index in [2.05, 4.69) is 22.9 Å². The molecule has 0 saturated carbocycles. The fraction of sp³-hybridized carbons (Fsp3) is 0.344. The van der Waals surface area contributed by atoms with Crippen LogP contribution in [0.1, 0.15) is 48.3 Å². The summed E-state index contributed by atoms with van der Waals surface area (Å²) in [5.41, 5.74) is 7.74. The number of halogens is 1. The Hall–Kier alpha value is -3.85. The molecule has 0 bridgehead atoms. The predicted molar refractivity (Wildman–Crippen MR) is 160 cm³/mol. The third-order valence-corrected chi connectivity index (χ3v) is 8.72. The summed E-state index contributed by atoms with van der Waals surface area (Å²) < 4.78 is 51.2. The molecule has 1 aromatic heterocycles. The van der Waals surface area contributed by atoms with Crippen LogP contribution in [0.2, 0.25) is 0 Å². The second-order valence-electron chi connectivity index (χ2n) is 10.6. The summed E-state index contributed by atoms with van der Waals surface area (Å²) in [4.78, 5) is 11.7. The van der Waals surface area contributed by atoms with Crippen LogP contribution in [0.5, 0.6) is 5.75 Å². The van der Waals surface area contributed by atoms with Crippen molar-refractivity contribution in [3.05, 3.63) is 82.8 Å². The lowest BCUT2D eigenvalue weighted by atomic mass is 9.94. The molecule has 0 amide bonds. The van der Waals surface area contributed by atoms with Crippen molar-refractivity contribution in [1.29, 1.82) is 0 Å². The first-order chi connectivity index (χ1) is 19.6. The first-order valence-corrected chi connectivity index (χ1v) is 15.9. The second-order valence-corrected chi connectivity index (χ2v) is 12.9. The highest BCUT2D eigenvalue weighted by molar-refractivity contribution is 7.90. The minimum absolute atomic E-state index is 0.0983. The molecule has 4 aromatic rings. The first kappa shape index (κ1) is 28.7. The number of aryl methyl sites for hydroxylation is 1. The van der Waals surface area contributed by atoms with Gasteiger partial charge in [-0.05, 0) is 67.3 Å². The van der Waals surface area contributed by atoms with Crippen LogP contribution < -0.4 is 10.1 Å². The molecule has 1 aliphatic heterocycles. The molecule has 0 spiro atoms. The lowest BCUT2D eigenvalue weighted by Crippen LogP contribution is -2.11. The van der Waals surface area contributed by atoms with Crippen LogP contribution in [-0.2, 0) is 32.5 Å². The number of hydrogen-bond acceptors (Lipinski definition) is 6. The lowest BCUT2D eigenvalue weighted by molar-refractivity contribution is -0.149. The van der Waals surface area contributed by atoms with Gasteiger partial charge in [-0.2, -0.15) is 0 Å². The molecule has 2 heterocycles. The molecule has 0 fully saturated rings. The molecule has 0 aliphatic carbocycles. The average molecular weight is 579 g/mol. The number of sulfone groups is 1. The van der Waals surface area contributed by atoms with E-state index >= 15 is 0 Å². The molecule has 5 rings (SSSR count). The number of benzene rings is 3. The minimum atomic E-state index is -3.07. The summed E-state index contributed by atoms with van der Waals surface area (Å²) in [6.45, 7) is 7.24. The summed E-state index contributed by atoms with van der Waals surface area (Å²) in [7, 11) is -3.07. The van der Waals surface area contributed by atoms with Crippen molar-refractivity contribution in [2.75, 3.05) is 23.9 Å². The van der Waals surface area contributed by atoms with Crippen molar-refractivity contribution in [3.8, 4) is 16.9 Å². The summed E-state index contributed by atoms with van der Waals surface area (Å²) in [6, 6.07) is 16.7. The normalized spacial score (nSPS) is 14.6. The van der Waals surface area contributed by atoms with Gasteiger partial charge >= 0.3 is 5.97 Å². The van der Waals surface area contributed by atoms with Gasteiger partial charge in [0.15, 0.2) is 6.10 Å². The van der Waals surface area contributed by atoms with Crippen LogP contribution >= 0.6 is 0 Å². The molecule has 1 aliphatic rings. The molecular weight excluding hydrogens is 543 g/mol. The largest absolute Gasteiger partial charge is 0.489 e. The Kier molecular flexibility index (Phi) is 8.09. The first-order valence-electron chi connectivity index (χ1n) is 13.8. The number of rotatable bonds is 10. The Labute approximate surface area is 240 Å². The summed E-state index contributed by atoms with van der Waals surface area (Å²) in [5.74, 6) is 0.240. The van der Waals surface area contributed by atoms with Gasteiger partial charge in [0.1, 0.15) is 28.0 Å². The molecule has 7 nitrogen and oxygen atoms in total. The summed E-state index contributed by atoms with van der Waals surface area (Å²) in [5, 5.41) is 4.28. The highest BCUT2D eigenvalue weighted by Crippen LogP contribution is 2.39. The van der Waals surface area contributed by atoms with Crippen molar-refractivity contribution in [3.63, 3.8) is 0 Å². The number of esters is 1. The van der Waals surface area contributed by atoms with E-state index in [9.17, 15) is 17.6 Å². The van der Waals surface area contributed by atoms with E-state index in [0.29, 0.717) is 38.3 Å². The molecule has 0 radical (unpaired) electrons. The minimum Gasteiger partial charge on any atom is -0.489 e. The van der Waals surface area contributed by atoms with Crippen molar-refractivity contribution >= 4 is 32.4 Å². The van der Waals surface area contributed by atoms with E-state index in [0.717, 1.165) is 50.1 Å². The van der Waals surface area contributed by atoms with Gasteiger partial charge in [-0.25, -0.2) is 12.8 Å². The Morgan fingerprint density at radius 3 is 2.71 bits per heavy atom. The highest BCUT2D eigenvalue weighted by atomic mass is 32.2. The molecule has 216 valence electrons. The van der Waals surface area contributed by atoms with Gasteiger partial charge in [0.25, 0.3) is 0 Å². The van der Waals surface area contributed by atoms with Gasteiger partial charge in [-0.1, -0.05) is 25.1 Å². The maximum atomic E-state index is 14.4. The fourth-order valence-electron chi connectivity index (χ4n) is 5.54. The van der Waals surface area contributed by atoms with Gasteiger partial charge in [-0.15, -0.1) is 0 Å². The SMILES string of the molecule is CCC(=O)O[C@@H]1COc2cc(NCc3cccc(-c4c(C)n(CCCS(C)(=O)=O)c5ccc(F)cc45)c3C)ccc21. The number of aromatic nitrogens is 1. The fourth-order valence-corrected chi connectivity index (χ4v) is 6.19. The van der Waals surface area contributed by atoms with Crippen LogP contribution in [0.3, 0.4) is 0 Å². The van der Waals surface area contributed by atoms with Crippen LogP contribution in [-0.4, -0.2) is 37.6 Å². The Morgan fingerprint density at radius 1 is 1.15 bits per heavy atom. The van der Waals surface area contributed by atoms with Crippen LogP contribution in [0.4, 0.5) is 10.1 Å². The third kappa shape index (κ3) is 6.10. The van der Waals surface area contributed by atoms with Crippen LogP contribution in [0.25, 0.3) is 22.0 Å². The highest BCUT2D eigenvalue weighted by Gasteiger charge is 2.27. The van der Waals surface area contributed by atoms with E-state index in [1.807, 2.05) is 37.3 Å². The van der Waals surface area contributed by atoms with E-state index in [4.69, 9.17) is 9.47 Å². The summed E-state index contributed by atoms with van der Waals surface area (Å²) >= 11 is 0. The van der Waals surface area contributed by atoms with Gasteiger partial charge in [0.2, 0.25) is 0 Å². The molecule has 1 N–H and O–H groups in total. The number of carbonyl (C=O) groups excluding carboxylic acids is 1. The van der Waals surface area contributed by atoms with Crippen molar-refractivity contribution in [2.45, 2.75) is 52.8 Å². The average Bonchev–Trinajstić information content (AvgIpc) is 3.44. The Morgan fingerprint density at radius 2 is 1.95 bits per heavy atom. The molecule has 1 atom stereocenters. The number of nitrogens with one attached hydrogen (secondary N) is 1. The van der Waals surface area contributed by atoms with Crippen molar-refractivity contribution < 1.29 is 27.1 Å². The number of ether oxygens (including phenoxy) is 2. The van der Waals surface area contributed by atoms with Gasteiger partial charge in [-0.3, -0.25) is 4.79 Å². The van der Waals surface area contributed by atoms with Gasteiger partial charge in [0, 0.05) is 65.2 Å². The van der Waals surface area contributed by atoms with Crippen molar-refractivity contribution in [1.82, 2.24) is 4.57 Å². The Balaban J connectivity index is 1.41. The topological polar surface area (TPSA) is 86.6 Å². The molecule has 0 saturated heterocycles. The maximum absolute atomic E-state index is 14.4. The number of anilines is 1. The van der Waals surface area contributed by atoms with E-state index < -0.39 is 9.84 Å². The zero-order chi connectivity index (χ0) is 29.3.